The van der Waals surface area contributed by atoms with E-state index in [9.17, 15) is 18.0 Å². The number of imidazole rings is 1. The molecular formula is C18H26F3N3O2. The first kappa shape index (κ1) is 19.2. The standard InChI is InChI=1S/C18H26F3N3O2/c1-23(17(25)12-26-14-5-3-2-4-6-14)9-13-7-8-16-22-15(18(19,20)21)11-24(16)10-13/h11,13-14H,2-10,12H2,1H3/t13-/m1/s1. The number of likely N-dealkylation sites (N-methyl/N-ethyl adjacent to an activating group) is 1. The van der Waals surface area contributed by atoms with E-state index in [2.05, 4.69) is 4.98 Å². The lowest BCUT2D eigenvalue weighted by Gasteiger charge is -2.29. The van der Waals surface area contributed by atoms with Crippen molar-refractivity contribution in [2.24, 2.45) is 5.92 Å². The van der Waals surface area contributed by atoms with Crippen molar-refractivity contribution < 1.29 is 22.7 Å². The lowest BCUT2D eigenvalue weighted by atomic mass is 9.98. The van der Waals surface area contributed by atoms with Crippen molar-refractivity contribution in [3.63, 3.8) is 0 Å². The molecule has 1 aliphatic carbocycles. The molecule has 1 amide bonds. The molecule has 1 fully saturated rings. The highest BCUT2D eigenvalue weighted by Crippen LogP contribution is 2.30. The molecule has 3 rings (SSSR count). The monoisotopic (exact) mass is 373 g/mol. The van der Waals surface area contributed by atoms with Crippen molar-refractivity contribution in [2.75, 3.05) is 20.2 Å². The number of aryl methyl sites for hydroxylation is 1. The number of carbonyl (C=O) groups is 1. The van der Waals surface area contributed by atoms with Gasteiger partial charge >= 0.3 is 6.18 Å². The highest BCUT2D eigenvalue weighted by molar-refractivity contribution is 5.77. The van der Waals surface area contributed by atoms with Gasteiger partial charge in [-0.05, 0) is 25.2 Å². The van der Waals surface area contributed by atoms with Gasteiger partial charge in [-0.1, -0.05) is 19.3 Å². The number of amides is 1. The van der Waals surface area contributed by atoms with E-state index in [1.807, 2.05) is 0 Å². The van der Waals surface area contributed by atoms with E-state index < -0.39 is 11.9 Å². The fourth-order valence-corrected chi connectivity index (χ4v) is 3.82. The molecule has 26 heavy (non-hydrogen) atoms. The highest BCUT2D eigenvalue weighted by atomic mass is 19.4. The summed E-state index contributed by atoms with van der Waals surface area (Å²) < 4.78 is 45.6. The van der Waals surface area contributed by atoms with Gasteiger partial charge in [0.25, 0.3) is 0 Å². The lowest BCUT2D eigenvalue weighted by Crippen LogP contribution is -2.38. The van der Waals surface area contributed by atoms with Crippen LogP contribution in [0.1, 0.15) is 50.0 Å². The number of halogens is 3. The SMILES string of the molecule is CN(C[C@H]1CCc2nc(C(F)(F)F)cn2C1)C(=O)COC1CCCCC1. The Morgan fingerprint density at radius 1 is 1.31 bits per heavy atom. The quantitative estimate of drug-likeness (QED) is 0.796. The number of fused-ring (bicyclic) bond motifs is 1. The summed E-state index contributed by atoms with van der Waals surface area (Å²) in [6.07, 6.45) is 3.67. The molecule has 1 saturated carbocycles. The second kappa shape index (κ2) is 7.98. The number of alkyl halides is 3. The second-order valence-corrected chi connectivity index (χ2v) is 7.44. The van der Waals surface area contributed by atoms with Crippen LogP contribution in [0.5, 0.6) is 0 Å². The van der Waals surface area contributed by atoms with Gasteiger partial charge in [0, 0.05) is 32.8 Å². The fourth-order valence-electron chi connectivity index (χ4n) is 3.82. The van der Waals surface area contributed by atoms with Crippen LogP contribution in [-0.2, 0) is 28.7 Å². The molecule has 0 N–H and O–H groups in total. The van der Waals surface area contributed by atoms with E-state index in [1.54, 1.807) is 16.5 Å². The van der Waals surface area contributed by atoms with Crippen molar-refractivity contribution in [1.82, 2.24) is 14.5 Å². The van der Waals surface area contributed by atoms with E-state index in [0.29, 0.717) is 25.3 Å². The summed E-state index contributed by atoms with van der Waals surface area (Å²) in [6.45, 7) is 1.06. The van der Waals surface area contributed by atoms with E-state index in [1.165, 1.54) is 6.42 Å². The van der Waals surface area contributed by atoms with Crippen molar-refractivity contribution in [3.8, 4) is 0 Å². The number of carbonyl (C=O) groups excluding carboxylic acids is 1. The van der Waals surface area contributed by atoms with Crippen LogP contribution in [0.25, 0.3) is 0 Å². The topological polar surface area (TPSA) is 47.4 Å². The van der Waals surface area contributed by atoms with Crippen LogP contribution < -0.4 is 0 Å². The largest absolute Gasteiger partial charge is 0.434 e. The van der Waals surface area contributed by atoms with Crippen LogP contribution in [0, 0.1) is 5.92 Å². The van der Waals surface area contributed by atoms with E-state index in [4.69, 9.17) is 4.74 Å². The van der Waals surface area contributed by atoms with Gasteiger partial charge in [-0.2, -0.15) is 13.2 Å². The summed E-state index contributed by atoms with van der Waals surface area (Å²) in [5.41, 5.74) is -0.835. The maximum absolute atomic E-state index is 12.8. The van der Waals surface area contributed by atoms with Crippen LogP contribution in [0.3, 0.4) is 0 Å². The Kier molecular flexibility index (Phi) is 5.89. The lowest BCUT2D eigenvalue weighted by molar-refractivity contribution is -0.141. The minimum absolute atomic E-state index is 0.0667. The average Bonchev–Trinajstić information content (AvgIpc) is 3.04. The first-order chi connectivity index (χ1) is 12.3. The molecule has 0 aromatic carbocycles. The van der Waals surface area contributed by atoms with Gasteiger partial charge in [-0.25, -0.2) is 4.98 Å². The van der Waals surface area contributed by atoms with E-state index >= 15 is 0 Å². The minimum Gasteiger partial charge on any atom is -0.368 e. The Labute approximate surface area is 151 Å². The van der Waals surface area contributed by atoms with E-state index in [0.717, 1.165) is 38.3 Å². The molecule has 1 atom stereocenters. The molecule has 0 unspecified atom stereocenters. The summed E-state index contributed by atoms with van der Waals surface area (Å²) in [7, 11) is 1.73. The van der Waals surface area contributed by atoms with Gasteiger partial charge in [0.2, 0.25) is 5.91 Å². The fraction of sp³-hybridized carbons (Fsp3) is 0.778. The first-order valence-electron chi connectivity index (χ1n) is 9.31. The number of rotatable bonds is 5. The molecular weight excluding hydrogens is 347 g/mol. The third kappa shape index (κ3) is 4.78. The molecule has 1 aromatic rings. The maximum Gasteiger partial charge on any atom is 0.434 e. The molecule has 0 spiro atoms. The van der Waals surface area contributed by atoms with Crippen LogP contribution in [0.4, 0.5) is 13.2 Å². The number of aromatic nitrogens is 2. The number of hydrogen-bond acceptors (Lipinski definition) is 3. The van der Waals surface area contributed by atoms with Gasteiger partial charge in [0.1, 0.15) is 12.4 Å². The third-order valence-corrected chi connectivity index (χ3v) is 5.33. The Balaban J connectivity index is 1.48. The van der Waals surface area contributed by atoms with Crippen molar-refractivity contribution in [2.45, 2.75) is 63.8 Å². The Bertz CT molecular complexity index is 624. The smallest absolute Gasteiger partial charge is 0.368 e. The summed E-state index contributed by atoms with van der Waals surface area (Å²) in [4.78, 5) is 17.6. The molecule has 0 saturated heterocycles. The molecule has 1 aromatic heterocycles. The first-order valence-corrected chi connectivity index (χ1v) is 9.31. The normalized spacial score (nSPS) is 21.5. The van der Waals surface area contributed by atoms with Gasteiger partial charge in [-0.3, -0.25) is 4.79 Å². The molecule has 0 radical (unpaired) electrons. The zero-order valence-electron chi connectivity index (χ0n) is 15.1. The van der Waals surface area contributed by atoms with E-state index in [-0.39, 0.29) is 24.5 Å². The Morgan fingerprint density at radius 2 is 2.04 bits per heavy atom. The molecule has 2 heterocycles. The predicted molar refractivity (Wildman–Crippen MR) is 89.5 cm³/mol. The second-order valence-electron chi connectivity index (χ2n) is 7.44. The Hall–Kier alpha value is -1.57. The van der Waals surface area contributed by atoms with Crippen LogP contribution >= 0.6 is 0 Å². The van der Waals surface area contributed by atoms with Crippen molar-refractivity contribution in [3.05, 3.63) is 17.7 Å². The molecule has 0 bridgehead atoms. The van der Waals surface area contributed by atoms with Crippen molar-refractivity contribution in [1.29, 1.82) is 0 Å². The average molecular weight is 373 g/mol. The van der Waals surface area contributed by atoms with Crippen LogP contribution in [0.2, 0.25) is 0 Å². The molecule has 8 heteroatoms. The third-order valence-electron chi connectivity index (χ3n) is 5.33. The number of hydrogen-bond donors (Lipinski definition) is 0. The molecule has 2 aliphatic rings. The van der Waals surface area contributed by atoms with Gasteiger partial charge in [0.15, 0.2) is 5.69 Å². The summed E-state index contributed by atoms with van der Waals surface area (Å²) >= 11 is 0. The van der Waals surface area contributed by atoms with Gasteiger partial charge in [-0.15, -0.1) is 0 Å². The highest BCUT2D eigenvalue weighted by Gasteiger charge is 2.36. The summed E-state index contributed by atoms with van der Waals surface area (Å²) in [5.74, 6) is 0.535. The maximum atomic E-state index is 12.8. The number of ether oxygens (including phenoxy) is 1. The molecule has 146 valence electrons. The minimum atomic E-state index is -4.41. The Morgan fingerprint density at radius 3 is 2.73 bits per heavy atom. The van der Waals surface area contributed by atoms with Crippen LogP contribution in [0.15, 0.2) is 6.20 Å². The zero-order chi connectivity index (χ0) is 18.7. The summed E-state index contributed by atoms with van der Waals surface area (Å²) in [6, 6.07) is 0. The molecule has 1 aliphatic heterocycles. The number of nitrogens with zero attached hydrogens (tertiary/aromatic N) is 3. The zero-order valence-corrected chi connectivity index (χ0v) is 15.1. The van der Waals surface area contributed by atoms with Crippen molar-refractivity contribution >= 4 is 5.91 Å². The van der Waals surface area contributed by atoms with Crippen LogP contribution in [-0.4, -0.2) is 46.7 Å². The predicted octanol–water partition coefficient (Wildman–Crippen LogP) is 3.27. The van der Waals surface area contributed by atoms with Gasteiger partial charge in [0.05, 0.1) is 6.10 Å². The molecule has 5 nitrogen and oxygen atoms in total. The van der Waals surface area contributed by atoms with Gasteiger partial charge < -0.3 is 14.2 Å². The summed E-state index contributed by atoms with van der Waals surface area (Å²) in [5, 5.41) is 0.